The quantitative estimate of drug-likeness (QED) is 0.621. The van der Waals surface area contributed by atoms with Crippen LogP contribution in [0.4, 0.5) is 5.69 Å². The van der Waals surface area contributed by atoms with Crippen LogP contribution in [-0.2, 0) is 19.3 Å². The number of nitrogens with zero attached hydrogens (tertiary/aromatic N) is 2. The molecule has 0 aliphatic carbocycles. The minimum atomic E-state index is -2.32. The molecule has 1 fully saturated rings. The van der Waals surface area contributed by atoms with Crippen molar-refractivity contribution in [3.8, 4) is 5.88 Å². The first-order valence-electron chi connectivity index (χ1n) is 5.91. The van der Waals surface area contributed by atoms with Crippen LogP contribution in [0.2, 0.25) is 0 Å². The van der Waals surface area contributed by atoms with Crippen LogP contribution in [-0.4, -0.2) is 53.5 Å². The maximum atomic E-state index is 10.4. The number of ether oxygens (including phenoxy) is 1. The molecule has 1 aromatic heterocycles. The van der Waals surface area contributed by atoms with Gasteiger partial charge in [-0.25, -0.2) is 4.98 Å². The summed E-state index contributed by atoms with van der Waals surface area (Å²) >= 11 is 0. The summed E-state index contributed by atoms with van der Waals surface area (Å²) in [5, 5.41) is 0. The molecule has 0 spiro atoms. The first-order valence-corrected chi connectivity index (χ1v) is 6.99. The molecule has 0 amide bonds. The normalized spacial score (nSPS) is 15.2. The third-order valence-corrected chi connectivity index (χ3v) is 3.20. The van der Waals surface area contributed by atoms with Gasteiger partial charge in [-0.2, -0.15) is 0 Å². The molecule has 2 radical (unpaired) electrons. The standard InChI is InChI=1S/C11H16N3O3S.Al/c15-18(16)13-10-3-4-11(12-9-10)17-8-7-14-5-1-2-6-14;/h3-4,9H,1-2,5-8H2,(H,13,15,16);/q-1;+1. The molecule has 2 heterocycles. The van der Waals surface area contributed by atoms with Gasteiger partial charge in [0.1, 0.15) is 6.61 Å². The van der Waals surface area contributed by atoms with Gasteiger partial charge in [-0.1, -0.05) is 0 Å². The molecule has 1 saturated heterocycles. The van der Waals surface area contributed by atoms with E-state index in [0.29, 0.717) is 18.2 Å². The smallest absolute Gasteiger partial charge is 0.476 e. The largest absolute Gasteiger partial charge is 1.00 e. The van der Waals surface area contributed by atoms with Crippen molar-refractivity contribution in [1.29, 1.82) is 0 Å². The minimum absolute atomic E-state index is 0. The Hall–Kier alpha value is -0.808. The predicted molar refractivity (Wildman–Crippen MR) is 73.5 cm³/mol. The van der Waals surface area contributed by atoms with Gasteiger partial charge in [0, 0.05) is 29.2 Å². The number of anilines is 1. The predicted octanol–water partition coefficient (Wildman–Crippen LogP) is 0.812. The third-order valence-electron chi connectivity index (χ3n) is 2.79. The van der Waals surface area contributed by atoms with E-state index >= 15 is 0 Å². The van der Waals surface area contributed by atoms with E-state index in [1.54, 1.807) is 12.1 Å². The molecule has 0 bridgehead atoms. The molecular weight excluding hydrogens is 281 g/mol. The summed E-state index contributed by atoms with van der Waals surface area (Å²) in [7, 11) is -2.32. The average molecular weight is 297 g/mol. The molecule has 0 unspecified atom stereocenters. The maximum Gasteiger partial charge on any atom is 1.00 e. The van der Waals surface area contributed by atoms with Crippen molar-refractivity contribution in [2.24, 2.45) is 0 Å². The fourth-order valence-corrected chi connectivity index (χ4v) is 2.22. The van der Waals surface area contributed by atoms with E-state index < -0.39 is 10.9 Å². The Morgan fingerprint density at radius 2 is 2.05 bits per heavy atom. The summed E-state index contributed by atoms with van der Waals surface area (Å²) in [6.45, 7) is 3.81. The average Bonchev–Trinajstić information content (AvgIpc) is 2.84. The molecule has 2 rings (SSSR count). The van der Waals surface area contributed by atoms with Gasteiger partial charge in [0.25, 0.3) is 0 Å². The van der Waals surface area contributed by atoms with Crippen LogP contribution in [0.15, 0.2) is 18.3 Å². The topological polar surface area (TPSA) is 71.5 Å². The molecule has 1 N–H and O–H groups in total. The van der Waals surface area contributed by atoms with E-state index in [4.69, 9.17) is 4.74 Å². The van der Waals surface area contributed by atoms with Crippen LogP contribution in [0, 0.1) is 0 Å². The van der Waals surface area contributed by atoms with E-state index in [9.17, 15) is 8.42 Å². The van der Waals surface area contributed by atoms with E-state index in [0.717, 1.165) is 19.6 Å². The van der Waals surface area contributed by atoms with E-state index in [-0.39, 0.29) is 17.4 Å². The first kappa shape index (κ1) is 16.2. The van der Waals surface area contributed by atoms with Crippen LogP contribution in [0.1, 0.15) is 12.8 Å². The van der Waals surface area contributed by atoms with E-state index in [1.165, 1.54) is 19.0 Å². The van der Waals surface area contributed by atoms with Gasteiger partial charge in [-0.3, -0.25) is 4.90 Å². The summed E-state index contributed by atoms with van der Waals surface area (Å²) in [5.74, 6) is 0.511. The monoisotopic (exact) mass is 297 g/mol. The van der Waals surface area contributed by atoms with Gasteiger partial charge in [0.2, 0.25) is 5.88 Å². The van der Waals surface area contributed by atoms with Crippen LogP contribution < -0.4 is 9.46 Å². The van der Waals surface area contributed by atoms with E-state index in [1.807, 2.05) is 0 Å². The Balaban J connectivity index is 0.00000180. The molecule has 1 aliphatic rings. The van der Waals surface area contributed by atoms with Crippen molar-refractivity contribution in [3.63, 3.8) is 0 Å². The van der Waals surface area contributed by atoms with Gasteiger partial charge >= 0.3 is 17.4 Å². The molecule has 102 valence electrons. The summed E-state index contributed by atoms with van der Waals surface area (Å²) in [5.41, 5.74) is 0.426. The van der Waals surface area contributed by atoms with Crippen molar-refractivity contribution in [1.82, 2.24) is 9.88 Å². The molecule has 0 aromatic carbocycles. The molecule has 8 heteroatoms. The van der Waals surface area contributed by atoms with Crippen LogP contribution >= 0.6 is 0 Å². The third kappa shape index (κ3) is 5.78. The fourth-order valence-electron chi connectivity index (χ4n) is 1.91. The van der Waals surface area contributed by atoms with Crippen molar-refractivity contribution >= 4 is 33.9 Å². The summed E-state index contributed by atoms with van der Waals surface area (Å²) in [6, 6.07) is 3.27. The van der Waals surface area contributed by atoms with Crippen LogP contribution in [0.5, 0.6) is 5.88 Å². The number of aromatic nitrogens is 1. The van der Waals surface area contributed by atoms with Gasteiger partial charge in [0.15, 0.2) is 0 Å². The number of rotatable bonds is 6. The molecule has 19 heavy (non-hydrogen) atoms. The van der Waals surface area contributed by atoms with Gasteiger partial charge in [-0.05, 0) is 32.0 Å². The second-order valence-corrected chi connectivity index (χ2v) is 4.79. The summed E-state index contributed by atoms with van der Waals surface area (Å²) in [6.07, 6.45) is 3.97. The van der Waals surface area contributed by atoms with Crippen LogP contribution in [0.25, 0.3) is 0 Å². The number of likely N-dealkylation sites (tertiary alicyclic amines) is 1. The molecule has 0 atom stereocenters. The van der Waals surface area contributed by atoms with Crippen molar-refractivity contribution in [3.05, 3.63) is 18.3 Å². The zero-order chi connectivity index (χ0) is 12.8. The Morgan fingerprint density at radius 1 is 1.32 bits per heavy atom. The number of hydrogen-bond donors (Lipinski definition) is 1. The SMILES string of the molecule is O=[S-](=O)Nc1ccc(OCCN2CCCC2)nc1.[Al+]. The Labute approximate surface area is 125 Å². The first-order chi connectivity index (χ1) is 8.74. The fraction of sp³-hybridized carbons (Fsp3) is 0.545. The van der Waals surface area contributed by atoms with Crippen molar-refractivity contribution < 1.29 is 13.2 Å². The molecule has 1 aliphatic heterocycles. The Bertz CT molecular complexity index is 439. The zero-order valence-corrected chi connectivity index (χ0v) is 12.6. The van der Waals surface area contributed by atoms with Crippen molar-refractivity contribution in [2.75, 3.05) is 31.0 Å². The second-order valence-electron chi connectivity index (χ2n) is 4.12. The number of nitrogens with one attached hydrogen (secondary N) is 1. The maximum absolute atomic E-state index is 10.4. The molecule has 1 aromatic rings. The summed E-state index contributed by atoms with van der Waals surface area (Å²) < 4.78 is 28.5. The molecule has 0 saturated carbocycles. The zero-order valence-electron chi connectivity index (χ0n) is 10.6. The molecular formula is C11H16AlN3O3S. The van der Waals surface area contributed by atoms with E-state index in [2.05, 4.69) is 14.6 Å². The summed E-state index contributed by atoms with van der Waals surface area (Å²) in [4.78, 5) is 6.38. The number of hydrogen-bond acceptors (Lipinski definition) is 6. The van der Waals surface area contributed by atoms with Gasteiger partial charge in [0.05, 0.1) is 6.20 Å². The Morgan fingerprint density at radius 3 is 2.63 bits per heavy atom. The van der Waals surface area contributed by atoms with Crippen molar-refractivity contribution in [2.45, 2.75) is 12.8 Å². The number of pyridine rings is 1. The second kappa shape index (κ2) is 8.38. The van der Waals surface area contributed by atoms with Gasteiger partial charge in [-0.15, -0.1) is 0 Å². The molecule has 6 nitrogen and oxygen atoms in total. The van der Waals surface area contributed by atoms with Gasteiger partial charge < -0.3 is 17.9 Å². The van der Waals surface area contributed by atoms with Crippen LogP contribution in [0.3, 0.4) is 0 Å². The Kier molecular flexibility index (Phi) is 7.17. The minimum Gasteiger partial charge on any atom is -0.476 e.